The topological polar surface area (TPSA) is 68.3 Å². The summed E-state index contributed by atoms with van der Waals surface area (Å²) in [4.78, 5) is 11.6. The molecule has 0 radical (unpaired) electrons. The summed E-state index contributed by atoms with van der Waals surface area (Å²) in [6.45, 7) is 1.02. The first kappa shape index (κ1) is 14.1. The minimum Gasteiger partial charge on any atom is -0.455 e. The Morgan fingerprint density at radius 3 is 2.88 bits per heavy atom. The smallest absolute Gasteiger partial charge is 0.286 e. The van der Waals surface area contributed by atoms with E-state index in [0.29, 0.717) is 24.6 Å². The van der Waals surface area contributed by atoms with Crippen molar-refractivity contribution in [2.24, 2.45) is 5.73 Å². The lowest BCUT2D eigenvalue weighted by molar-refractivity contribution is 0.0923. The monoisotopic (exact) mass is 256 g/mol. The molecule has 1 rings (SSSR count). The normalized spacial score (nSPS) is 10.5. The summed E-state index contributed by atoms with van der Waals surface area (Å²) in [6, 6.07) is 3.39. The summed E-state index contributed by atoms with van der Waals surface area (Å²) in [6.07, 6.45) is 5.47. The van der Waals surface area contributed by atoms with Crippen molar-refractivity contribution in [2.75, 3.05) is 18.6 Å². The summed E-state index contributed by atoms with van der Waals surface area (Å²) in [5, 5.41) is 2.83. The van der Waals surface area contributed by atoms with Crippen LogP contribution in [0.5, 0.6) is 0 Å². The van der Waals surface area contributed by atoms with E-state index in [2.05, 4.69) is 11.6 Å². The third kappa shape index (κ3) is 5.28. The van der Waals surface area contributed by atoms with Gasteiger partial charge in [-0.2, -0.15) is 11.8 Å². The van der Waals surface area contributed by atoms with Gasteiger partial charge in [-0.1, -0.05) is 6.42 Å². The predicted molar refractivity (Wildman–Crippen MR) is 71.2 cm³/mol. The fourth-order valence-corrected chi connectivity index (χ4v) is 1.94. The van der Waals surface area contributed by atoms with Crippen LogP contribution in [0, 0.1) is 0 Å². The largest absolute Gasteiger partial charge is 0.455 e. The summed E-state index contributed by atoms with van der Waals surface area (Å²) in [5.41, 5.74) is 5.40. The average molecular weight is 256 g/mol. The van der Waals surface area contributed by atoms with Crippen molar-refractivity contribution in [3.8, 4) is 0 Å². The first-order valence-corrected chi connectivity index (χ1v) is 7.23. The van der Waals surface area contributed by atoms with E-state index in [9.17, 15) is 4.79 Å². The van der Waals surface area contributed by atoms with Gasteiger partial charge in [-0.15, -0.1) is 0 Å². The molecule has 0 aliphatic heterocycles. The molecule has 0 saturated carbocycles. The van der Waals surface area contributed by atoms with E-state index in [1.54, 1.807) is 12.1 Å². The second-order valence-corrected chi connectivity index (χ2v) is 4.77. The molecule has 1 amide bonds. The van der Waals surface area contributed by atoms with Crippen molar-refractivity contribution in [3.63, 3.8) is 0 Å². The van der Waals surface area contributed by atoms with E-state index < -0.39 is 0 Å². The van der Waals surface area contributed by atoms with Gasteiger partial charge >= 0.3 is 0 Å². The first-order valence-electron chi connectivity index (χ1n) is 5.84. The van der Waals surface area contributed by atoms with E-state index in [1.807, 2.05) is 11.8 Å². The Balaban J connectivity index is 2.16. The Bertz CT molecular complexity index is 339. The maximum absolute atomic E-state index is 11.6. The molecule has 96 valence electrons. The zero-order chi connectivity index (χ0) is 12.5. The SMILES string of the molecule is CSCCCCCNC(=O)c1ccc(CN)o1. The molecule has 1 heterocycles. The van der Waals surface area contributed by atoms with Gasteiger partial charge in [-0.25, -0.2) is 0 Å². The minimum atomic E-state index is -0.158. The predicted octanol–water partition coefficient (Wildman–Crippen LogP) is 2.00. The lowest BCUT2D eigenvalue weighted by Gasteiger charge is -2.02. The lowest BCUT2D eigenvalue weighted by Crippen LogP contribution is -2.23. The highest BCUT2D eigenvalue weighted by molar-refractivity contribution is 7.98. The molecule has 0 aliphatic carbocycles. The van der Waals surface area contributed by atoms with Crippen molar-refractivity contribution in [2.45, 2.75) is 25.8 Å². The molecular formula is C12H20N2O2S. The maximum Gasteiger partial charge on any atom is 0.286 e. The number of hydrogen-bond acceptors (Lipinski definition) is 4. The van der Waals surface area contributed by atoms with E-state index in [1.165, 1.54) is 12.2 Å². The van der Waals surface area contributed by atoms with Gasteiger partial charge < -0.3 is 15.5 Å². The quantitative estimate of drug-likeness (QED) is 0.698. The number of hydrogen-bond donors (Lipinski definition) is 2. The van der Waals surface area contributed by atoms with Gasteiger partial charge in [0.25, 0.3) is 5.91 Å². The molecule has 0 unspecified atom stereocenters. The van der Waals surface area contributed by atoms with Crippen molar-refractivity contribution in [1.29, 1.82) is 0 Å². The molecule has 0 spiro atoms. The fraction of sp³-hybridized carbons (Fsp3) is 0.583. The summed E-state index contributed by atoms with van der Waals surface area (Å²) in [7, 11) is 0. The van der Waals surface area contributed by atoms with E-state index >= 15 is 0 Å². The summed E-state index contributed by atoms with van der Waals surface area (Å²) >= 11 is 1.85. The number of unbranched alkanes of at least 4 members (excludes halogenated alkanes) is 2. The number of rotatable bonds is 8. The Hall–Kier alpha value is -0.940. The van der Waals surface area contributed by atoms with Crippen LogP contribution in [0.25, 0.3) is 0 Å². The van der Waals surface area contributed by atoms with Crippen LogP contribution in [0.3, 0.4) is 0 Å². The minimum absolute atomic E-state index is 0.158. The second-order valence-electron chi connectivity index (χ2n) is 3.78. The molecule has 0 saturated heterocycles. The third-order valence-corrected chi connectivity index (χ3v) is 3.09. The third-order valence-electron chi connectivity index (χ3n) is 2.40. The highest BCUT2D eigenvalue weighted by Gasteiger charge is 2.09. The number of carbonyl (C=O) groups is 1. The number of thioether (sulfide) groups is 1. The molecule has 0 fully saturated rings. The number of amides is 1. The van der Waals surface area contributed by atoms with E-state index in [0.717, 1.165) is 12.8 Å². The maximum atomic E-state index is 11.6. The fourth-order valence-electron chi connectivity index (χ4n) is 1.45. The van der Waals surface area contributed by atoms with Crippen LogP contribution in [-0.4, -0.2) is 24.5 Å². The number of furan rings is 1. The van der Waals surface area contributed by atoms with Crippen LogP contribution in [0.4, 0.5) is 0 Å². The molecule has 0 aromatic carbocycles. The van der Waals surface area contributed by atoms with Gasteiger partial charge in [0.05, 0.1) is 6.54 Å². The molecule has 4 nitrogen and oxygen atoms in total. The van der Waals surface area contributed by atoms with Crippen molar-refractivity contribution in [1.82, 2.24) is 5.32 Å². The summed E-state index contributed by atoms with van der Waals surface area (Å²) in [5.74, 6) is 2.01. The van der Waals surface area contributed by atoms with Gasteiger partial charge in [0.2, 0.25) is 0 Å². The Morgan fingerprint density at radius 2 is 2.24 bits per heavy atom. The van der Waals surface area contributed by atoms with Gasteiger partial charge in [-0.05, 0) is 37.0 Å². The standard InChI is InChI=1S/C12H20N2O2S/c1-17-8-4-2-3-7-14-12(15)11-6-5-10(9-13)16-11/h5-6H,2-4,7-9,13H2,1H3,(H,14,15). The second kappa shape index (κ2) is 8.20. The van der Waals surface area contributed by atoms with Crippen LogP contribution in [-0.2, 0) is 6.54 Å². The molecular weight excluding hydrogens is 236 g/mol. The molecule has 0 bridgehead atoms. The van der Waals surface area contributed by atoms with Crippen LogP contribution < -0.4 is 11.1 Å². The molecule has 17 heavy (non-hydrogen) atoms. The molecule has 0 atom stereocenters. The summed E-state index contributed by atoms with van der Waals surface area (Å²) < 4.78 is 5.25. The average Bonchev–Trinajstić information content (AvgIpc) is 2.82. The van der Waals surface area contributed by atoms with Crippen molar-refractivity contribution in [3.05, 3.63) is 23.7 Å². The molecule has 3 N–H and O–H groups in total. The number of nitrogens with two attached hydrogens (primary N) is 1. The van der Waals surface area contributed by atoms with Crippen LogP contribution in [0.2, 0.25) is 0 Å². The number of nitrogens with one attached hydrogen (secondary N) is 1. The highest BCUT2D eigenvalue weighted by atomic mass is 32.2. The molecule has 1 aromatic heterocycles. The van der Waals surface area contributed by atoms with Gasteiger partial charge in [-0.3, -0.25) is 4.79 Å². The van der Waals surface area contributed by atoms with Crippen LogP contribution in [0.15, 0.2) is 16.5 Å². The van der Waals surface area contributed by atoms with Crippen LogP contribution in [0.1, 0.15) is 35.6 Å². The Morgan fingerprint density at radius 1 is 1.41 bits per heavy atom. The van der Waals surface area contributed by atoms with E-state index in [4.69, 9.17) is 10.2 Å². The van der Waals surface area contributed by atoms with Gasteiger partial charge in [0.15, 0.2) is 5.76 Å². The Labute approximate surface area is 106 Å². The first-order chi connectivity index (χ1) is 8.27. The van der Waals surface area contributed by atoms with Gasteiger partial charge in [0, 0.05) is 6.54 Å². The molecule has 5 heteroatoms. The van der Waals surface area contributed by atoms with Gasteiger partial charge in [0.1, 0.15) is 5.76 Å². The molecule has 0 aliphatic rings. The number of carbonyl (C=O) groups excluding carboxylic acids is 1. The zero-order valence-corrected chi connectivity index (χ0v) is 11.0. The van der Waals surface area contributed by atoms with E-state index in [-0.39, 0.29) is 5.91 Å². The Kier molecular flexibility index (Phi) is 6.81. The zero-order valence-electron chi connectivity index (χ0n) is 10.2. The van der Waals surface area contributed by atoms with Crippen LogP contribution >= 0.6 is 11.8 Å². The highest BCUT2D eigenvalue weighted by Crippen LogP contribution is 2.07. The van der Waals surface area contributed by atoms with Crippen molar-refractivity contribution >= 4 is 17.7 Å². The van der Waals surface area contributed by atoms with Crippen molar-refractivity contribution < 1.29 is 9.21 Å². The lowest BCUT2D eigenvalue weighted by atomic mass is 10.2. The molecule has 1 aromatic rings.